The van der Waals surface area contributed by atoms with E-state index in [0.717, 1.165) is 10.5 Å². The average Bonchev–Trinajstić information content (AvgIpc) is 3.13. The number of esters is 1. The SMILES string of the molecule is CCOC(=O)OC(=O)c1c(CSc2ccccn2)n(C)c2cc(Br)c(O)c(CN3CCOCC3)c12.Cl. The topological polar surface area (TPSA) is 103 Å². The number of hydrogen-bond acceptors (Lipinski definition) is 9. The van der Waals surface area contributed by atoms with E-state index in [1.807, 2.05) is 29.8 Å². The number of phenolic OH excluding ortho intramolecular Hbond substituents is 1. The molecule has 3 aromatic rings. The highest BCUT2D eigenvalue weighted by Gasteiger charge is 2.30. The number of carbonyl (C=O) groups is 2. The van der Waals surface area contributed by atoms with Crippen molar-refractivity contribution in [3.63, 3.8) is 0 Å². The summed E-state index contributed by atoms with van der Waals surface area (Å²) in [6.07, 6.45) is 0.643. The van der Waals surface area contributed by atoms with Gasteiger partial charge in [0, 0.05) is 55.3 Å². The number of aromatic nitrogens is 2. The lowest BCUT2D eigenvalue weighted by atomic mass is 10.0. The third kappa shape index (κ3) is 6.15. The maximum Gasteiger partial charge on any atom is 0.516 e. The maximum atomic E-state index is 13.3. The van der Waals surface area contributed by atoms with Crippen LogP contribution in [0.15, 0.2) is 40.0 Å². The summed E-state index contributed by atoms with van der Waals surface area (Å²) in [7, 11) is 1.85. The van der Waals surface area contributed by atoms with Gasteiger partial charge in [0.1, 0.15) is 5.75 Å². The fourth-order valence-corrected chi connectivity index (χ4v) is 5.44. The Morgan fingerprint density at radius 1 is 1.28 bits per heavy atom. The summed E-state index contributed by atoms with van der Waals surface area (Å²) < 4.78 is 17.7. The van der Waals surface area contributed by atoms with E-state index < -0.39 is 12.1 Å². The van der Waals surface area contributed by atoms with E-state index in [0.29, 0.717) is 59.7 Å². The Morgan fingerprint density at radius 2 is 2.03 bits per heavy atom. The fraction of sp³-hybridized carbons (Fsp3) is 0.375. The number of pyridine rings is 1. The number of benzene rings is 1. The molecule has 1 N–H and O–H groups in total. The van der Waals surface area contributed by atoms with Crippen molar-refractivity contribution in [2.24, 2.45) is 7.05 Å². The van der Waals surface area contributed by atoms with Crippen molar-refractivity contribution in [2.75, 3.05) is 32.9 Å². The normalized spacial score (nSPS) is 13.9. The van der Waals surface area contributed by atoms with Crippen LogP contribution in [0.1, 0.15) is 28.5 Å². The molecule has 0 spiro atoms. The van der Waals surface area contributed by atoms with E-state index in [9.17, 15) is 14.7 Å². The lowest BCUT2D eigenvalue weighted by Gasteiger charge is -2.27. The van der Waals surface area contributed by atoms with Crippen LogP contribution in [0, 0.1) is 0 Å². The summed E-state index contributed by atoms with van der Waals surface area (Å²) in [4.78, 5) is 31.9. The number of hydrogen-bond donors (Lipinski definition) is 1. The predicted octanol–water partition coefficient (Wildman–Crippen LogP) is 4.90. The standard InChI is InChI=1S/C24H26BrN3O6S.ClH/c1-3-33-24(31)34-23(30)21-18(14-35-19-6-4-5-7-26-19)27(2)17-12-16(25)22(29)15(20(17)21)13-28-8-10-32-11-9-28;/h4-7,12,29H,3,8-11,13-14H2,1-2H3;1H. The first kappa shape index (κ1) is 28.3. The van der Waals surface area contributed by atoms with E-state index in [2.05, 4.69) is 25.8 Å². The van der Waals surface area contributed by atoms with Gasteiger partial charge in [-0.15, -0.1) is 24.2 Å². The third-order valence-electron chi connectivity index (χ3n) is 5.76. The summed E-state index contributed by atoms with van der Waals surface area (Å²) in [5, 5.41) is 12.4. The number of phenols is 1. The van der Waals surface area contributed by atoms with Crippen LogP contribution in [-0.2, 0) is 33.6 Å². The second kappa shape index (κ2) is 12.8. The van der Waals surface area contributed by atoms with Crippen molar-refractivity contribution in [3.05, 3.63) is 51.8 Å². The molecule has 0 aliphatic carbocycles. The molecule has 1 saturated heterocycles. The number of halogens is 2. The number of fused-ring (bicyclic) bond motifs is 1. The van der Waals surface area contributed by atoms with Crippen LogP contribution in [0.3, 0.4) is 0 Å². The molecule has 0 radical (unpaired) electrons. The Balaban J connectivity index is 0.00000361. The molecule has 36 heavy (non-hydrogen) atoms. The summed E-state index contributed by atoms with van der Waals surface area (Å²) >= 11 is 4.92. The largest absolute Gasteiger partial charge is 0.516 e. The van der Waals surface area contributed by atoms with Gasteiger partial charge in [0.05, 0.1) is 40.4 Å². The molecule has 1 aliphatic rings. The molecule has 194 valence electrons. The van der Waals surface area contributed by atoms with Gasteiger partial charge < -0.3 is 23.9 Å². The number of nitrogens with zero attached hydrogens (tertiary/aromatic N) is 3. The summed E-state index contributed by atoms with van der Waals surface area (Å²) in [6, 6.07) is 7.38. The number of morpholine rings is 1. The second-order valence-electron chi connectivity index (χ2n) is 7.88. The molecular weight excluding hydrogens is 574 g/mol. The van der Waals surface area contributed by atoms with Crippen molar-refractivity contribution in [1.82, 2.24) is 14.5 Å². The number of rotatable bonds is 7. The van der Waals surface area contributed by atoms with Gasteiger partial charge in [-0.05, 0) is 41.1 Å². The molecule has 1 fully saturated rings. The lowest BCUT2D eigenvalue weighted by molar-refractivity contribution is 0.0339. The summed E-state index contributed by atoms with van der Waals surface area (Å²) in [5.41, 5.74) is 2.18. The van der Waals surface area contributed by atoms with Crippen LogP contribution < -0.4 is 0 Å². The Morgan fingerprint density at radius 3 is 2.69 bits per heavy atom. The van der Waals surface area contributed by atoms with Crippen molar-refractivity contribution in [2.45, 2.75) is 24.2 Å². The molecular formula is C24H27BrClN3O6S. The van der Waals surface area contributed by atoms with Crippen LogP contribution in [0.5, 0.6) is 5.75 Å². The molecule has 0 atom stereocenters. The first-order chi connectivity index (χ1) is 16.9. The Hall–Kier alpha value is -2.31. The molecule has 0 amide bonds. The van der Waals surface area contributed by atoms with Crippen LogP contribution in [-0.4, -0.2) is 64.6 Å². The molecule has 0 unspecified atom stereocenters. The van der Waals surface area contributed by atoms with Gasteiger partial charge in [0.2, 0.25) is 0 Å². The van der Waals surface area contributed by atoms with E-state index >= 15 is 0 Å². The van der Waals surface area contributed by atoms with Gasteiger partial charge >= 0.3 is 12.1 Å². The van der Waals surface area contributed by atoms with Gasteiger partial charge in [-0.3, -0.25) is 4.90 Å². The lowest BCUT2D eigenvalue weighted by Crippen LogP contribution is -2.35. The first-order valence-corrected chi connectivity index (χ1v) is 12.9. The maximum absolute atomic E-state index is 13.3. The molecule has 0 saturated carbocycles. The molecule has 1 aliphatic heterocycles. The van der Waals surface area contributed by atoms with Crippen molar-refractivity contribution in [3.8, 4) is 5.75 Å². The highest BCUT2D eigenvalue weighted by atomic mass is 79.9. The van der Waals surface area contributed by atoms with Crippen LogP contribution in [0.25, 0.3) is 10.9 Å². The molecule has 2 aromatic heterocycles. The highest BCUT2D eigenvalue weighted by Crippen LogP contribution is 2.41. The Bertz CT molecular complexity index is 1230. The number of ether oxygens (including phenoxy) is 3. The van der Waals surface area contributed by atoms with Crippen molar-refractivity contribution in [1.29, 1.82) is 0 Å². The van der Waals surface area contributed by atoms with Crippen molar-refractivity contribution >= 4 is 63.1 Å². The number of carbonyl (C=O) groups excluding carboxylic acids is 2. The monoisotopic (exact) mass is 599 g/mol. The first-order valence-electron chi connectivity index (χ1n) is 11.1. The number of aromatic hydroxyl groups is 1. The smallest absolute Gasteiger partial charge is 0.506 e. The minimum atomic E-state index is -1.06. The molecule has 9 nitrogen and oxygen atoms in total. The van der Waals surface area contributed by atoms with Gasteiger partial charge in [0.15, 0.2) is 0 Å². The van der Waals surface area contributed by atoms with Crippen LogP contribution >= 0.6 is 40.1 Å². The minimum absolute atomic E-state index is 0. The van der Waals surface area contributed by atoms with E-state index in [4.69, 9.17) is 14.2 Å². The minimum Gasteiger partial charge on any atom is -0.506 e. The fourth-order valence-electron chi connectivity index (χ4n) is 4.05. The second-order valence-corrected chi connectivity index (χ2v) is 9.73. The zero-order chi connectivity index (χ0) is 24.9. The van der Waals surface area contributed by atoms with Gasteiger partial charge in [-0.1, -0.05) is 6.07 Å². The number of aryl methyl sites for hydroxylation is 1. The van der Waals surface area contributed by atoms with E-state index in [1.54, 1.807) is 19.2 Å². The molecule has 1 aromatic carbocycles. The molecule has 4 rings (SSSR count). The molecule has 3 heterocycles. The van der Waals surface area contributed by atoms with E-state index in [-0.39, 0.29) is 30.3 Å². The Kier molecular flexibility index (Phi) is 10.0. The quantitative estimate of drug-likeness (QED) is 0.230. The zero-order valence-electron chi connectivity index (χ0n) is 19.9. The summed E-state index contributed by atoms with van der Waals surface area (Å²) in [5.74, 6) is -0.385. The van der Waals surface area contributed by atoms with Crippen molar-refractivity contribution < 1.29 is 28.9 Å². The van der Waals surface area contributed by atoms with Gasteiger partial charge in [-0.25, -0.2) is 14.6 Å². The zero-order valence-corrected chi connectivity index (χ0v) is 23.1. The van der Waals surface area contributed by atoms with E-state index in [1.165, 1.54) is 11.8 Å². The van der Waals surface area contributed by atoms with Crippen LogP contribution in [0.2, 0.25) is 0 Å². The Labute approximate surface area is 227 Å². The number of thioether (sulfide) groups is 1. The average molecular weight is 601 g/mol. The highest BCUT2D eigenvalue weighted by molar-refractivity contribution is 9.10. The predicted molar refractivity (Wildman–Crippen MR) is 142 cm³/mol. The van der Waals surface area contributed by atoms with Gasteiger partial charge in [0.25, 0.3) is 0 Å². The third-order valence-corrected chi connectivity index (χ3v) is 7.32. The molecule has 12 heteroatoms. The summed E-state index contributed by atoms with van der Waals surface area (Å²) in [6.45, 7) is 4.71. The molecule has 0 bridgehead atoms. The van der Waals surface area contributed by atoms with Gasteiger partial charge in [-0.2, -0.15) is 0 Å². The van der Waals surface area contributed by atoms with Crippen LogP contribution in [0.4, 0.5) is 4.79 Å².